The summed E-state index contributed by atoms with van der Waals surface area (Å²) in [4.78, 5) is 4.18. The van der Waals surface area contributed by atoms with Crippen LogP contribution in [0.5, 0.6) is 0 Å². The Labute approximate surface area is 80.3 Å². The average Bonchev–Trinajstić information content (AvgIpc) is 2.04. The van der Waals surface area contributed by atoms with Crippen molar-refractivity contribution in [1.82, 2.24) is 4.98 Å². The van der Waals surface area contributed by atoms with E-state index in [1.165, 1.54) is 17.5 Å². The zero-order chi connectivity index (χ0) is 8.55. The van der Waals surface area contributed by atoms with Crippen molar-refractivity contribution in [3.05, 3.63) is 28.0 Å². The van der Waals surface area contributed by atoms with Gasteiger partial charge in [0.1, 0.15) is 4.60 Å². The van der Waals surface area contributed by atoms with Gasteiger partial charge >= 0.3 is 0 Å². The first-order chi connectivity index (χ1) is 5.79. The van der Waals surface area contributed by atoms with E-state index in [1.54, 1.807) is 0 Å². The van der Waals surface area contributed by atoms with Crippen LogP contribution in [0.25, 0.3) is 0 Å². The Morgan fingerprint density at radius 3 is 3.17 bits per heavy atom. The average molecular weight is 227 g/mol. The van der Waals surface area contributed by atoms with Gasteiger partial charge in [-0.2, -0.15) is 0 Å². The topological polar surface area (TPSA) is 38.9 Å². The summed E-state index contributed by atoms with van der Waals surface area (Å²) < 4.78 is 0.923. The fraction of sp³-hybridized carbons (Fsp3) is 0.444. The van der Waals surface area contributed by atoms with Crippen LogP contribution in [-0.4, -0.2) is 4.98 Å². The van der Waals surface area contributed by atoms with Gasteiger partial charge in [0.2, 0.25) is 0 Å². The van der Waals surface area contributed by atoms with Crippen LogP contribution >= 0.6 is 15.9 Å². The van der Waals surface area contributed by atoms with Gasteiger partial charge in [0.25, 0.3) is 0 Å². The summed E-state index contributed by atoms with van der Waals surface area (Å²) in [5.74, 6) is 0. The maximum absolute atomic E-state index is 5.98. The number of nitrogens with zero attached hydrogens (tertiary/aromatic N) is 1. The second-order valence-electron chi connectivity index (χ2n) is 3.17. The van der Waals surface area contributed by atoms with Crippen LogP contribution in [0.15, 0.2) is 16.9 Å². The van der Waals surface area contributed by atoms with Crippen molar-refractivity contribution < 1.29 is 0 Å². The molecule has 1 unspecified atom stereocenters. The van der Waals surface area contributed by atoms with Crippen LogP contribution in [0.1, 0.15) is 30.0 Å². The van der Waals surface area contributed by atoms with Gasteiger partial charge in [-0.15, -0.1) is 0 Å². The van der Waals surface area contributed by atoms with E-state index >= 15 is 0 Å². The fourth-order valence-electron chi connectivity index (χ4n) is 1.75. The SMILES string of the molecule is NC1CCCc2ccnc(Br)c21. The molecule has 12 heavy (non-hydrogen) atoms. The number of rotatable bonds is 0. The number of nitrogens with two attached hydrogens (primary N) is 1. The van der Waals surface area contributed by atoms with E-state index in [9.17, 15) is 0 Å². The molecule has 0 saturated heterocycles. The Morgan fingerprint density at radius 2 is 2.42 bits per heavy atom. The molecule has 2 nitrogen and oxygen atoms in total. The number of pyridine rings is 1. The van der Waals surface area contributed by atoms with Crippen molar-refractivity contribution in [3.63, 3.8) is 0 Å². The summed E-state index contributed by atoms with van der Waals surface area (Å²) in [6, 6.07) is 2.25. The van der Waals surface area contributed by atoms with Gasteiger partial charge < -0.3 is 5.73 Å². The van der Waals surface area contributed by atoms with Crippen molar-refractivity contribution in [1.29, 1.82) is 0 Å². The second-order valence-corrected chi connectivity index (χ2v) is 3.92. The van der Waals surface area contributed by atoms with E-state index in [1.807, 2.05) is 6.20 Å². The minimum Gasteiger partial charge on any atom is -0.324 e. The van der Waals surface area contributed by atoms with Crippen molar-refractivity contribution in [3.8, 4) is 0 Å². The molecular weight excluding hydrogens is 216 g/mol. The smallest absolute Gasteiger partial charge is 0.111 e. The summed E-state index contributed by atoms with van der Waals surface area (Å²) in [6.07, 6.45) is 5.26. The van der Waals surface area contributed by atoms with Gasteiger partial charge in [0.15, 0.2) is 0 Å². The minimum absolute atomic E-state index is 0.178. The van der Waals surface area contributed by atoms with Gasteiger partial charge in [-0.05, 0) is 46.8 Å². The standard InChI is InChI=1S/C9H11BrN2/c10-9-8-6(4-5-12-9)2-1-3-7(8)11/h4-5,7H,1-3,11H2. The predicted octanol–water partition coefficient (Wildman–Crippen LogP) is 2.18. The van der Waals surface area contributed by atoms with Crippen LogP contribution in [0.4, 0.5) is 0 Å². The molecule has 1 atom stereocenters. The van der Waals surface area contributed by atoms with Crippen LogP contribution < -0.4 is 5.73 Å². The molecule has 1 aliphatic rings. The van der Waals surface area contributed by atoms with E-state index in [-0.39, 0.29) is 6.04 Å². The Kier molecular flexibility index (Phi) is 2.15. The summed E-state index contributed by atoms with van der Waals surface area (Å²) in [5, 5.41) is 0. The van der Waals surface area contributed by atoms with Crippen molar-refractivity contribution in [2.24, 2.45) is 5.73 Å². The zero-order valence-corrected chi connectivity index (χ0v) is 8.34. The van der Waals surface area contributed by atoms with E-state index in [0.29, 0.717) is 0 Å². The predicted molar refractivity (Wildman–Crippen MR) is 51.8 cm³/mol. The Bertz CT molecular complexity index is 299. The molecule has 1 aromatic rings. The quantitative estimate of drug-likeness (QED) is 0.690. The third-order valence-corrected chi connectivity index (χ3v) is 3.00. The number of hydrogen-bond donors (Lipinski definition) is 1. The van der Waals surface area contributed by atoms with Crippen molar-refractivity contribution in [2.75, 3.05) is 0 Å². The number of aryl methyl sites for hydroxylation is 1. The lowest BCUT2D eigenvalue weighted by Crippen LogP contribution is -2.18. The van der Waals surface area contributed by atoms with Gasteiger partial charge in [-0.25, -0.2) is 4.98 Å². The highest BCUT2D eigenvalue weighted by Crippen LogP contribution is 2.31. The molecule has 0 amide bonds. The lowest BCUT2D eigenvalue weighted by Gasteiger charge is -2.22. The zero-order valence-electron chi connectivity index (χ0n) is 6.76. The van der Waals surface area contributed by atoms with Crippen LogP contribution in [-0.2, 0) is 6.42 Å². The van der Waals surface area contributed by atoms with Crippen molar-refractivity contribution >= 4 is 15.9 Å². The van der Waals surface area contributed by atoms with E-state index in [2.05, 4.69) is 27.0 Å². The number of fused-ring (bicyclic) bond motifs is 1. The van der Waals surface area contributed by atoms with E-state index < -0.39 is 0 Å². The van der Waals surface area contributed by atoms with Crippen molar-refractivity contribution in [2.45, 2.75) is 25.3 Å². The number of halogens is 1. The summed E-state index contributed by atoms with van der Waals surface area (Å²) in [7, 11) is 0. The third-order valence-electron chi connectivity index (χ3n) is 2.36. The van der Waals surface area contributed by atoms with Gasteiger partial charge in [0.05, 0.1) is 0 Å². The lowest BCUT2D eigenvalue weighted by molar-refractivity contribution is 0.565. The van der Waals surface area contributed by atoms with Crippen LogP contribution in [0, 0.1) is 0 Å². The molecule has 2 rings (SSSR count). The highest BCUT2D eigenvalue weighted by molar-refractivity contribution is 9.10. The molecular formula is C9H11BrN2. The summed E-state index contributed by atoms with van der Waals surface area (Å²) >= 11 is 3.43. The molecule has 0 fully saturated rings. The first-order valence-electron chi connectivity index (χ1n) is 4.18. The number of aromatic nitrogens is 1. The maximum atomic E-state index is 5.98. The maximum Gasteiger partial charge on any atom is 0.111 e. The highest BCUT2D eigenvalue weighted by Gasteiger charge is 2.19. The molecule has 2 N–H and O–H groups in total. The minimum atomic E-state index is 0.178. The molecule has 3 heteroatoms. The number of hydrogen-bond acceptors (Lipinski definition) is 2. The van der Waals surface area contributed by atoms with E-state index in [4.69, 9.17) is 5.73 Å². The molecule has 1 aromatic heterocycles. The molecule has 0 bridgehead atoms. The van der Waals surface area contributed by atoms with E-state index in [0.717, 1.165) is 17.4 Å². The molecule has 0 saturated carbocycles. The normalized spacial score (nSPS) is 22.0. The molecule has 1 heterocycles. The molecule has 0 aromatic carbocycles. The third kappa shape index (κ3) is 1.27. The van der Waals surface area contributed by atoms with Gasteiger partial charge in [-0.3, -0.25) is 0 Å². The lowest BCUT2D eigenvalue weighted by atomic mass is 9.90. The molecule has 0 spiro atoms. The Hall–Kier alpha value is -0.410. The fourth-order valence-corrected chi connectivity index (χ4v) is 2.42. The molecule has 0 radical (unpaired) electrons. The summed E-state index contributed by atoms with van der Waals surface area (Å²) in [6.45, 7) is 0. The van der Waals surface area contributed by atoms with Crippen LogP contribution in [0.2, 0.25) is 0 Å². The first kappa shape index (κ1) is 8.20. The van der Waals surface area contributed by atoms with Gasteiger partial charge in [-0.1, -0.05) is 0 Å². The monoisotopic (exact) mass is 226 g/mol. The molecule has 1 aliphatic carbocycles. The molecule has 64 valence electrons. The first-order valence-corrected chi connectivity index (χ1v) is 4.97. The summed E-state index contributed by atoms with van der Waals surface area (Å²) in [5.41, 5.74) is 8.55. The molecule has 0 aliphatic heterocycles. The Balaban J connectivity index is 2.53. The largest absolute Gasteiger partial charge is 0.324 e. The van der Waals surface area contributed by atoms with Crippen LogP contribution in [0.3, 0.4) is 0 Å². The second kappa shape index (κ2) is 3.15. The Morgan fingerprint density at radius 1 is 1.58 bits per heavy atom. The highest BCUT2D eigenvalue weighted by atomic mass is 79.9. The van der Waals surface area contributed by atoms with Gasteiger partial charge in [0, 0.05) is 17.8 Å².